The molecule has 92 valence electrons. The van der Waals surface area contributed by atoms with Gasteiger partial charge in [0.05, 0.1) is 17.6 Å². The summed E-state index contributed by atoms with van der Waals surface area (Å²) in [4.78, 5) is 7.67. The number of fused-ring (bicyclic) bond motifs is 1. The highest BCUT2D eigenvalue weighted by molar-refractivity contribution is 7.74. The number of hydrogen-bond acceptors (Lipinski definition) is 3. The first-order valence-electron chi connectivity index (χ1n) is 5.43. The number of imidazole rings is 1. The van der Waals surface area contributed by atoms with E-state index in [0.717, 1.165) is 36.1 Å². The summed E-state index contributed by atoms with van der Waals surface area (Å²) >= 11 is -2.15. The van der Waals surface area contributed by atoms with E-state index in [0.29, 0.717) is 6.61 Å². The van der Waals surface area contributed by atoms with Crippen LogP contribution in [0.4, 0.5) is 0 Å². The quantitative estimate of drug-likeness (QED) is 0.611. The standard InChI is InChI=1S/C11H14N2O3S/c14-17(15)16-8-4-3-7-11-12-9-5-1-2-6-10(9)13-11/h1-2,5-6H,3-4,7-8H2,(H,12,13)(H,14,15). The molecule has 17 heavy (non-hydrogen) atoms. The Labute approximate surface area is 102 Å². The van der Waals surface area contributed by atoms with Crippen LogP contribution in [0.5, 0.6) is 0 Å². The fraction of sp³-hybridized carbons (Fsp3) is 0.364. The van der Waals surface area contributed by atoms with E-state index in [2.05, 4.69) is 14.2 Å². The number of aryl methyl sites for hydroxylation is 1. The van der Waals surface area contributed by atoms with Crippen molar-refractivity contribution in [2.75, 3.05) is 6.61 Å². The van der Waals surface area contributed by atoms with Crippen LogP contribution in [0.25, 0.3) is 11.0 Å². The number of aromatic amines is 1. The molecule has 0 aliphatic rings. The molecule has 0 spiro atoms. The highest BCUT2D eigenvalue weighted by atomic mass is 32.2. The molecule has 2 rings (SSSR count). The van der Waals surface area contributed by atoms with Crippen LogP contribution < -0.4 is 0 Å². The summed E-state index contributed by atoms with van der Waals surface area (Å²) in [6, 6.07) is 7.88. The Morgan fingerprint density at radius 2 is 2.18 bits per heavy atom. The molecule has 1 unspecified atom stereocenters. The summed E-state index contributed by atoms with van der Waals surface area (Å²) in [5.41, 5.74) is 2.01. The molecule has 0 bridgehead atoms. The van der Waals surface area contributed by atoms with E-state index >= 15 is 0 Å². The molecule has 1 aromatic heterocycles. The van der Waals surface area contributed by atoms with Gasteiger partial charge in [-0.25, -0.2) is 4.98 Å². The van der Waals surface area contributed by atoms with Crippen LogP contribution in [-0.4, -0.2) is 25.3 Å². The van der Waals surface area contributed by atoms with E-state index in [4.69, 9.17) is 4.55 Å². The summed E-state index contributed by atoms with van der Waals surface area (Å²) in [6.45, 7) is 0.295. The molecule has 1 heterocycles. The third kappa shape index (κ3) is 3.62. The molecule has 2 aromatic rings. The average Bonchev–Trinajstić information content (AvgIpc) is 2.70. The van der Waals surface area contributed by atoms with E-state index in [9.17, 15) is 4.21 Å². The monoisotopic (exact) mass is 254 g/mol. The number of rotatable bonds is 6. The molecule has 0 amide bonds. The Morgan fingerprint density at radius 3 is 2.94 bits per heavy atom. The minimum absolute atomic E-state index is 0.295. The first kappa shape index (κ1) is 12.2. The van der Waals surface area contributed by atoms with Crippen molar-refractivity contribution >= 4 is 22.4 Å². The first-order valence-corrected chi connectivity index (χ1v) is 6.46. The topological polar surface area (TPSA) is 75.2 Å². The van der Waals surface area contributed by atoms with Gasteiger partial charge in [-0.2, -0.15) is 4.21 Å². The second-order valence-electron chi connectivity index (χ2n) is 3.70. The van der Waals surface area contributed by atoms with Crippen LogP contribution >= 0.6 is 0 Å². The summed E-state index contributed by atoms with van der Waals surface area (Å²) in [5, 5.41) is 0. The smallest absolute Gasteiger partial charge is 0.301 e. The number of benzene rings is 1. The zero-order valence-corrected chi connectivity index (χ0v) is 10.1. The highest BCUT2D eigenvalue weighted by Gasteiger charge is 2.01. The summed E-state index contributed by atoms with van der Waals surface area (Å²) in [6.07, 6.45) is 2.43. The Morgan fingerprint density at radius 1 is 1.35 bits per heavy atom. The lowest BCUT2D eigenvalue weighted by Crippen LogP contribution is -1.98. The van der Waals surface area contributed by atoms with Crippen LogP contribution in [0.15, 0.2) is 24.3 Å². The molecular weight excluding hydrogens is 240 g/mol. The van der Waals surface area contributed by atoms with Gasteiger partial charge in [-0.05, 0) is 25.0 Å². The van der Waals surface area contributed by atoms with Crippen molar-refractivity contribution in [3.8, 4) is 0 Å². The Bertz CT molecular complexity index is 479. The SMILES string of the molecule is O=S(O)OCCCCc1nc2ccccc2[nH]1. The van der Waals surface area contributed by atoms with Crippen molar-refractivity contribution in [3.05, 3.63) is 30.1 Å². The lowest BCUT2D eigenvalue weighted by atomic mass is 10.2. The second-order valence-corrected chi connectivity index (χ2v) is 4.37. The van der Waals surface area contributed by atoms with Gasteiger partial charge in [-0.1, -0.05) is 12.1 Å². The van der Waals surface area contributed by atoms with Gasteiger partial charge in [0.15, 0.2) is 0 Å². The molecule has 0 saturated heterocycles. The van der Waals surface area contributed by atoms with Crippen LogP contribution in [0.2, 0.25) is 0 Å². The Balaban J connectivity index is 1.81. The van der Waals surface area contributed by atoms with Crippen molar-refractivity contribution in [1.29, 1.82) is 0 Å². The fourth-order valence-electron chi connectivity index (χ4n) is 1.65. The van der Waals surface area contributed by atoms with Crippen molar-refractivity contribution in [1.82, 2.24) is 9.97 Å². The van der Waals surface area contributed by atoms with E-state index in [1.807, 2.05) is 24.3 Å². The zero-order valence-electron chi connectivity index (χ0n) is 9.26. The van der Waals surface area contributed by atoms with E-state index < -0.39 is 11.4 Å². The normalized spacial score (nSPS) is 13.0. The maximum absolute atomic E-state index is 10.2. The van der Waals surface area contributed by atoms with E-state index in [-0.39, 0.29) is 0 Å². The lowest BCUT2D eigenvalue weighted by molar-refractivity contribution is 0.298. The molecule has 0 aliphatic carbocycles. The first-order chi connectivity index (χ1) is 8.25. The van der Waals surface area contributed by atoms with Gasteiger partial charge in [0.1, 0.15) is 5.82 Å². The van der Waals surface area contributed by atoms with Gasteiger partial charge in [0.25, 0.3) is 0 Å². The van der Waals surface area contributed by atoms with Gasteiger partial charge in [-0.15, -0.1) is 0 Å². The molecule has 0 aliphatic heterocycles. The van der Waals surface area contributed by atoms with Crippen molar-refractivity contribution < 1.29 is 12.9 Å². The molecule has 6 heteroatoms. The lowest BCUT2D eigenvalue weighted by Gasteiger charge is -1.97. The van der Waals surface area contributed by atoms with Crippen molar-refractivity contribution in [2.45, 2.75) is 19.3 Å². The average molecular weight is 254 g/mol. The number of nitrogens with zero attached hydrogens (tertiary/aromatic N) is 1. The number of hydrogen-bond donors (Lipinski definition) is 2. The molecule has 1 atom stereocenters. The van der Waals surface area contributed by atoms with Gasteiger partial charge in [-0.3, -0.25) is 8.74 Å². The minimum atomic E-state index is -2.15. The van der Waals surface area contributed by atoms with Gasteiger partial charge in [0.2, 0.25) is 0 Å². The molecule has 2 N–H and O–H groups in total. The maximum atomic E-state index is 10.2. The third-order valence-corrected chi connectivity index (χ3v) is 2.80. The van der Waals surface area contributed by atoms with Gasteiger partial charge < -0.3 is 4.98 Å². The Hall–Kier alpha value is -1.24. The van der Waals surface area contributed by atoms with Crippen LogP contribution in [0.1, 0.15) is 18.7 Å². The number of para-hydroxylation sites is 2. The number of H-pyrrole nitrogens is 1. The molecule has 0 radical (unpaired) electrons. The Kier molecular flexibility index (Phi) is 4.24. The van der Waals surface area contributed by atoms with Crippen molar-refractivity contribution in [3.63, 3.8) is 0 Å². The van der Waals surface area contributed by atoms with Crippen LogP contribution in [-0.2, 0) is 22.0 Å². The van der Waals surface area contributed by atoms with Crippen LogP contribution in [0.3, 0.4) is 0 Å². The van der Waals surface area contributed by atoms with E-state index in [1.54, 1.807) is 0 Å². The molecule has 0 saturated carbocycles. The molecule has 5 nitrogen and oxygen atoms in total. The predicted octanol–water partition coefficient (Wildman–Crippen LogP) is 2.04. The predicted molar refractivity (Wildman–Crippen MR) is 65.8 cm³/mol. The minimum Gasteiger partial charge on any atom is -0.342 e. The molecule has 1 aromatic carbocycles. The second kappa shape index (κ2) is 5.90. The van der Waals surface area contributed by atoms with E-state index in [1.165, 1.54) is 0 Å². The number of aromatic nitrogens is 2. The maximum Gasteiger partial charge on any atom is 0.301 e. The zero-order chi connectivity index (χ0) is 12.1. The largest absolute Gasteiger partial charge is 0.342 e. The summed E-state index contributed by atoms with van der Waals surface area (Å²) in [5.74, 6) is 0.941. The van der Waals surface area contributed by atoms with Gasteiger partial charge >= 0.3 is 11.4 Å². The molecular formula is C11H14N2O3S. The molecule has 0 fully saturated rings. The highest BCUT2D eigenvalue weighted by Crippen LogP contribution is 2.11. The third-order valence-electron chi connectivity index (χ3n) is 2.43. The van der Waals surface area contributed by atoms with Crippen molar-refractivity contribution in [2.24, 2.45) is 0 Å². The van der Waals surface area contributed by atoms with Gasteiger partial charge in [0, 0.05) is 6.42 Å². The number of nitrogens with one attached hydrogen (secondary N) is 1. The van der Waals surface area contributed by atoms with Crippen LogP contribution in [0, 0.1) is 0 Å². The summed E-state index contributed by atoms with van der Waals surface area (Å²) < 4.78 is 23.2. The summed E-state index contributed by atoms with van der Waals surface area (Å²) in [7, 11) is 0. The fourth-order valence-corrected chi connectivity index (χ4v) is 1.91. The number of unbranched alkanes of at least 4 members (excludes halogenated alkanes) is 1.